The van der Waals surface area contributed by atoms with E-state index in [9.17, 15) is 29.6 Å². The molecule has 0 aliphatic carbocycles. The molecule has 0 radical (unpaired) electrons. The maximum atomic E-state index is 12.5. The first-order chi connectivity index (χ1) is 11.4. The van der Waals surface area contributed by atoms with Gasteiger partial charge in [0, 0.05) is 17.4 Å². The molecule has 1 aliphatic heterocycles. The van der Waals surface area contributed by atoms with Crippen molar-refractivity contribution in [2.75, 3.05) is 0 Å². The van der Waals surface area contributed by atoms with Crippen LogP contribution in [0.15, 0.2) is 35.7 Å². The fourth-order valence-corrected chi connectivity index (χ4v) is 3.37. The van der Waals surface area contributed by atoms with Crippen LogP contribution in [-0.4, -0.2) is 38.8 Å². The highest BCUT2D eigenvalue weighted by molar-refractivity contribution is 7.09. The van der Waals surface area contributed by atoms with Gasteiger partial charge in [-0.3, -0.25) is 24.6 Å². The lowest BCUT2D eigenvalue weighted by atomic mass is 10.1. The number of nitrogens with zero attached hydrogens (tertiary/aromatic N) is 2. The molecule has 0 bridgehead atoms. The van der Waals surface area contributed by atoms with Crippen LogP contribution in [0.5, 0.6) is 0 Å². The second kappa shape index (κ2) is 5.85. The number of hydrogen-bond donors (Lipinski definition) is 1. The van der Waals surface area contributed by atoms with Gasteiger partial charge in [0.2, 0.25) is 0 Å². The first-order valence-corrected chi connectivity index (χ1v) is 7.70. The molecule has 2 amide bonds. The Hall–Kier alpha value is -3.07. The zero-order valence-corrected chi connectivity index (χ0v) is 12.9. The summed E-state index contributed by atoms with van der Waals surface area (Å²) in [6.07, 6.45) is -0.0493. The molecule has 24 heavy (non-hydrogen) atoms. The lowest BCUT2D eigenvalue weighted by Gasteiger charge is -2.21. The summed E-state index contributed by atoms with van der Waals surface area (Å²) < 4.78 is 0. The van der Waals surface area contributed by atoms with Crippen LogP contribution < -0.4 is 0 Å². The van der Waals surface area contributed by atoms with Gasteiger partial charge in [0.05, 0.1) is 10.5 Å². The van der Waals surface area contributed by atoms with Crippen LogP contribution in [0.1, 0.15) is 25.6 Å². The largest absolute Gasteiger partial charge is 0.480 e. The normalized spacial score (nSPS) is 14.6. The number of amides is 2. The molecule has 1 aliphatic rings. The van der Waals surface area contributed by atoms with Gasteiger partial charge in [-0.25, -0.2) is 4.79 Å². The number of carbonyl (C=O) groups excluding carboxylic acids is 2. The molecule has 3 rings (SSSR count). The van der Waals surface area contributed by atoms with Gasteiger partial charge in [-0.1, -0.05) is 12.1 Å². The Morgan fingerprint density at radius 3 is 2.58 bits per heavy atom. The molecule has 0 saturated heterocycles. The lowest BCUT2D eigenvalue weighted by molar-refractivity contribution is -0.385. The van der Waals surface area contributed by atoms with E-state index in [0.29, 0.717) is 9.78 Å². The number of rotatable bonds is 5. The van der Waals surface area contributed by atoms with Gasteiger partial charge in [-0.2, -0.15) is 0 Å². The Bertz CT molecular complexity index is 861. The fourth-order valence-electron chi connectivity index (χ4n) is 2.63. The number of carboxylic acid groups (broad SMARTS) is 1. The molecule has 0 spiro atoms. The Kier molecular flexibility index (Phi) is 3.86. The molecular weight excluding hydrogens is 336 g/mol. The standard InChI is InChI=1S/C15H10N2O6S/c18-13-9-4-1-5-10(17(22)23)12(9)14(19)16(13)11(15(20)21)7-8-3-2-6-24-8/h1-6,11H,7H2,(H,20,21)/t11-/m0/s1. The van der Waals surface area contributed by atoms with Crippen molar-refractivity contribution in [2.24, 2.45) is 0 Å². The monoisotopic (exact) mass is 346 g/mol. The molecule has 9 heteroatoms. The van der Waals surface area contributed by atoms with Crippen molar-refractivity contribution in [3.05, 3.63) is 61.8 Å². The van der Waals surface area contributed by atoms with Gasteiger partial charge in [0.1, 0.15) is 11.6 Å². The molecule has 0 fully saturated rings. The van der Waals surface area contributed by atoms with Gasteiger partial charge in [0.25, 0.3) is 17.5 Å². The number of thiophene rings is 1. The minimum atomic E-state index is -1.42. The summed E-state index contributed by atoms with van der Waals surface area (Å²) in [5.41, 5.74) is -1.01. The van der Waals surface area contributed by atoms with Crippen molar-refractivity contribution in [1.29, 1.82) is 0 Å². The average molecular weight is 346 g/mol. The third-order valence-electron chi connectivity index (χ3n) is 3.69. The van der Waals surface area contributed by atoms with Crippen LogP contribution in [0.2, 0.25) is 0 Å². The van der Waals surface area contributed by atoms with Crippen LogP contribution >= 0.6 is 11.3 Å². The predicted molar refractivity (Wildman–Crippen MR) is 83.0 cm³/mol. The highest BCUT2D eigenvalue weighted by Crippen LogP contribution is 2.32. The Balaban J connectivity index is 2.04. The van der Waals surface area contributed by atoms with Crippen molar-refractivity contribution >= 4 is 34.8 Å². The minimum absolute atomic E-state index is 0.0493. The third-order valence-corrected chi connectivity index (χ3v) is 4.59. The van der Waals surface area contributed by atoms with Crippen LogP contribution in [0, 0.1) is 10.1 Å². The molecule has 1 aromatic heterocycles. The third kappa shape index (κ3) is 2.44. The highest BCUT2D eigenvalue weighted by Gasteiger charge is 2.46. The first kappa shape index (κ1) is 15.8. The van der Waals surface area contributed by atoms with E-state index in [1.54, 1.807) is 17.5 Å². The number of nitro benzene ring substituents is 1. The number of hydrogen-bond acceptors (Lipinski definition) is 6. The average Bonchev–Trinajstić information content (AvgIpc) is 3.13. The Morgan fingerprint density at radius 1 is 1.25 bits per heavy atom. The van der Waals surface area contributed by atoms with E-state index in [2.05, 4.69) is 0 Å². The number of aliphatic carboxylic acids is 1. The molecular formula is C15H10N2O6S. The molecule has 0 unspecified atom stereocenters. The van der Waals surface area contributed by atoms with Gasteiger partial charge in [-0.15, -0.1) is 11.3 Å². The number of imide groups is 1. The van der Waals surface area contributed by atoms with Crippen molar-refractivity contribution in [3.63, 3.8) is 0 Å². The van der Waals surface area contributed by atoms with E-state index >= 15 is 0 Å². The minimum Gasteiger partial charge on any atom is -0.480 e. The Labute approximate surface area is 139 Å². The van der Waals surface area contributed by atoms with E-state index < -0.39 is 34.4 Å². The van der Waals surface area contributed by atoms with Crippen LogP contribution in [0.4, 0.5) is 5.69 Å². The second-order valence-electron chi connectivity index (χ2n) is 5.07. The van der Waals surface area contributed by atoms with Gasteiger partial charge in [-0.05, 0) is 17.5 Å². The van der Waals surface area contributed by atoms with E-state index in [1.165, 1.54) is 23.5 Å². The highest BCUT2D eigenvalue weighted by atomic mass is 32.1. The quantitative estimate of drug-likeness (QED) is 0.502. The zero-order valence-electron chi connectivity index (χ0n) is 12.0. The summed E-state index contributed by atoms with van der Waals surface area (Å²) in [5.74, 6) is -3.13. The van der Waals surface area contributed by atoms with Crippen LogP contribution in [0.25, 0.3) is 0 Å². The molecule has 1 aromatic carbocycles. The van der Waals surface area contributed by atoms with Crippen molar-refractivity contribution < 1.29 is 24.4 Å². The summed E-state index contributed by atoms with van der Waals surface area (Å²) in [4.78, 5) is 48.2. The second-order valence-corrected chi connectivity index (χ2v) is 6.11. The SMILES string of the molecule is O=C(O)[C@H](Cc1cccs1)N1C(=O)c2cccc([N+](=O)[O-])c2C1=O. The maximum absolute atomic E-state index is 12.5. The molecule has 8 nitrogen and oxygen atoms in total. The topological polar surface area (TPSA) is 118 Å². The van der Waals surface area contributed by atoms with E-state index in [0.717, 1.165) is 6.07 Å². The summed E-state index contributed by atoms with van der Waals surface area (Å²) in [6, 6.07) is 5.69. The first-order valence-electron chi connectivity index (χ1n) is 6.82. The number of nitro groups is 1. The number of benzene rings is 1. The van der Waals surface area contributed by atoms with Gasteiger partial charge >= 0.3 is 5.97 Å². The molecule has 2 heterocycles. The summed E-state index contributed by atoms with van der Waals surface area (Å²) >= 11 is 1.30. The van der Waals surface area contributed by atoms with Gasteiger partial charge in [0.15, 0.2) is 0 Å². The van der Waals surface area contributed by atoms with Crippen LogP contribution in [0.3, 0.4) is 0 Å². The lowest BCUT2D eigenvalue weighted by Crippen LogP contribution is -2.46. The molecule has 0 saturated carbocycles. The van der Waals surface area contributed by atoms with E-state index in [-0.39, 0.29) is 17.5 Å². The van der Waals surface area contributed by atoms with Gasteiger partial charge < -0.3 is 5.11 Å². The van der Waals surface area contributed by atoms with E-state index in [4.69, 9.17) is 0 Å². The fraction of sp³-hybridized carbons (Fsp3) is 0.133. The maximum Gasteiger partial charge on any atom is 0.327 e. The smallest absolute Gasteiger partial charge is 0.327 e. The molecule has 1 atom stereocenters. The summed E-state index contributed by atoms with van der Waals surface area (Å²) in [7, 11) is 0. The number of fused-ring (bicyclic) bond motifs is 1. The zero-order chi connectivity index (χ0) is 17.4. The molecule has 2 aromatic rings. The summed E-state index contributed by atoms with van der Waals surface area (Å²) in [5, 5.41) is 22.3. The molecule has 122 valence electrons. The number of carbonyl (C=O) groups is 3. The molecule has 1 N–H and O–H groups in total. The summed E-state index contributed by atoms with van der Waals surface area (Å²) in [6.45, 7) is 0. The Morgan fingerprint density at radius 2 is 2.00 bits per heavy atom. The van der Waals surface area contributed by atoms with E-state index in [1.807, 2.05) is 0 Å². The van der Waals surface area contributed by atoms with Crippen molar-refractivity contribution in [2.45, 2.75) is 12.5 Å². The van der Waals surface area contributed by atoms with Crippen molar-refractivity contribution in [3.8, 4) is 0 Å². The predicted octanol–water partition coefficient (Wildman–Crippen LogP) is 1.95. The van der Waals surface area contributed by atoms with Crippen molar-refractivity contribution in [1.82, 2.24) is 4.90 Å². The van der Waals surface area contributed by atoms with Crippen LogP contribution in [-0.2, 0) is 11.2 Å². The number of carboxylic acids is 1.